The van der Waals surface area contributed by atoms with E-state index in [9.17, 15) is 14.4 Å². The van der Waals surface area contributed by atoms with Crippen LogP contribution < -0.4 is 30.6 Å². The van der Waals surface area contributed by atoms with Crippen LogP contribution in [-0.2, 0) is 16.1 Å². The largest absolute Gasteiger partial charge is 0.482 e. The third kappa shape index (κ3) is 4.73. The fourth-order valence-corrected chi connectivity index (χ4v) is 4.05. The second kappa shape index (κ2) is 9.58. The van der Waals surface area contributed by atoms with Crippen LogP contribution in [0.4, 0.5) is 16.2 Å². The minimum absolute atomic E-state index is 0.0239. The molecule has 2 aromatic heterocycles. The topological polar surface area (TPSA) is 137 Å². The van der Waals surface area contributed by atoms with Crippen LogP contribution in [0.3, 0.4) is 0 Å². The quantitative estimate of drug-likeness (QED) is 0.455. The van der Waals surface area contributed by atoms with Gasteiger partial charge in [0.25, 0.3) is 11.5 Å². The molecule has 0 bridgehead atoms. The fraction of sp³-hybridized carbons (Fsp3) is 0.348. The van der Waals surface area contributed by atoms with Crippen molar-refractivity contribution in [2.75, 3.05) is 43.6 Å². The Morgan fingerprint density at radius 3 is 2.94 bits per heavy atom. The predicted octanol–water partition coefficient (Wildman–Crippen LogP) is 1.14. The number of anilines is 2. The smallest absolute Gasteiger partial charge is 0.414 e. The monoisotopic (exact) mass is 480 g/mol. The van der Waals surface area contributed by atoms with E-state index in [4.69, 9.17) is 14.2 Å². The van der Waals surface area contributed by atoms with Gasteiger partial charge in [0, 0.05) is 24.8 Å². The average Bonchev–Trinajstić information content (AvgIpc) is 3.24. The van der Waals surface area contributed by atoms with Gasteiger partial charge in [-0.05, 0) is 37.2 Å². The van der Waals surface area contributed by atoms with Gasteiger partial charge in [0.2, 0.25) is 5.88 Å². The molecule has 1 saturated heterocycles. The molecule has 0 spiro atoms. The zero-order chi connectivity index (χ0) is 24.4. The van der Waals surface area contributed by atoms with Crippen LogP contribution in [0.15, 0.2) is 41.3 Å². The number of fused-ring (bicyclic) bond motifs is 2. The summed E-state index contributed by atoms with van der Waals surface area (Å²) in [4.78, 5) is 46.3. The third-order valence-electron chi connectivity index (χ3n) is 5.81. The van der Waals surface area contributed by atoms with Gasteiger partial charge in [-0.15, -0.1) is 0 Å². The summed E-state index contributed by atoms with van der Waals surface area (Å²) in [6.45, 7) is 1.88. The lowest BCUT2D eigenvalue weighted by Crippen LogP contribution is -2.30. The van der Waals surface area contributed by atoms with Crippen molar-refractivity contribution in [2.24, 2.45) is 0 Å². The van der Waals surface area contributed by atoms with Gasteiger partial charge in [-0.3, -0.25) is 19.1 Å². The van der Waals surface area contributed by atoms with Crippen molar-refractivity contribution >= 4 is 34.5 Å². The number of nitrogens with zero attached hydrogens (tertiary/aromatic N) is 4. The summed E-state index contributed by atoms with van der Waals surface area (Å²) in [6, 6.07) is 8.64. The Morgan fingerprint density at radius 2 is 2.09 bits per heavy atom. The van der Waals surface area contributed by atoms with Crippen molar-refractivity contribution in [1.82, 2.24) is 19.9 Å². The molecule has 0 unspecified atom stereocenters. The number of hydrogen-bond acceptors (Lipinski definition) is 9. The molecule has 1 atom stereocenters. The number of benzene rings is 1. The van der Waals surface area contributed by atoms with Crippen molar-refractivity contribution in [1.29, 1.82) is 0 Å². The molecule has 0 saturated carbocycles. The summed E-state index contributed by atoms with van der Waals surface area (Å²) >= 11 is 0. The van der Waals surface area contributed by atoms with E-state index in [-0.39, 0.29) is 24.2 Å². The van der Waals surface area contributed by atoms with Gasteiger partial charge in [-0.25, -0.2) is 9.78 Å². The highest BCUT2D eigenvalue weighted by Gasteiger charge is 2.32. The number of amides is 2. The summed E-state index contributed by atoms with van der Waals surface area (Å²) in [7, 11) is 1.52. The SMILES string of the molecule is COc1ccc2ncc(=O)n(CCNCC[C@@H]3CN(c4ccc5c(c4)NC(=O)CO5)C(=O)O3)c2n1. The first kappa shape index (κ1) is 22.6. The molecule has 4 heterocycles. The number of nitrogens with one attached hydrogen (secondary N) is 2. The van der Waals surface area contributed by atoms with E-state index in [1.54, 1.807) is 34.9 Å². The molecule has 12 heteroatoms. The van der Waals surface area contributed by atoms with Gasteiger partial charge >= 0.3 is 6.09 Å². The molecule has 2 N–H and O–H groups in total. The van der Waals surface area contributed by atoms with Crippen LogP contribution in [-0.4, -0.2) is 66.0 Å². The van der Waals surface area contributed by atoms with Crippen molar-refractivity contribution in [3.8, 4) is 11.6 Å². The highest BCUT2D eigenvalue weighted by atomic mass is 16.6. The standard InChI is InChI=1S/C23H24N6O6/c1-33-20-5-3-16-22(27-20)28(21(31)11-25-16)9-8-24-7-6-15-12-29(23(32)35-15)14-2-4-18-17(10-14)26-19(30)13-34-18/h2-5,10-11,15,24H,6-9,12-13H2,1H3,(H,26,30)/t15-/m1/s1. The molecule has 3 aromatic rings. The Bertz CT molecular complexity index is 1340. The molecule has 1 aromatic carbocycles. The van der Waals surface area contributed by atoms with Crippen molar-refractivity contribution in [2.45, 2.75) is 19.1 Å². The number of cyclic esters (lactones) is 1. The zero-order valence-corrected chi connectivity index (χ0v) is 19.0. The molecule has 5 rings (SSSR count). The fourth-order valence-electron chi connectivity index (χ4n) is 4.05. The van der Waals surface area contributed by atoms with Gasteiger partial charge in [-0.2, -0.15) is 4.98 Å². The number of rotatable bonds is 8. The van der Waals surface area contributed by atoms with Gasteiger partial charge in [0.15, 0.2) is 12.3 Å². The molecule has 2 aliphatic heterocycles. The number of carbonyl (C=O) groups excluding carboxylic acids is 2. The summed E-state index contributed by atoms with van der Waals surface area (Å²) < 4.78 is 17.6. The summed E-state index contributed by atoms with van der Waals surface area (Å²) in [5.74, 6) is 0.740. The molecular formula is C23H24N6O6. The van der Waals surface area contributed by atoms with Crippen LogP contribution in [0.1, 0.15) is 6.42 Å². The number of methoxy groups -OCH3 is 1. The van der Waals surface area contributed by atoms with E-state index >= 15 is 0 Å². The Balaban J connectivity index is 1.14. The molecule has 2 amide bonds. The first-order chi connectivity index (χ1) is 17.0. The van der Waals surface area contributed by atoms with E-state index in [0.717, 1.165) is 0 Å². The maximum atomic E-state index is 12.4. The van der Waals surface area contributed by atoms with Crippen LogP contribution in [0.5, 0.6) is 11.6 Å². The molecule has 0 radical (unpaired) electrons. The van der Waals surface area contributed by atoms with Gasteiger partial charge in [0.05, 0.1) is 25.5 Å². The number of aromatic nitrogens is 3. The predicted molar refractivity (Wildman–Crippen MR) is 126 cm³/mol. The molecule has 1 fully saturated rings. The molecule has 12 nitrogen and oxygen atoms in total. The lowest BCUT2D eigenvalue weighted by atomic mass is 10.2. The van der Waals surface area contributed by atoms with Crippen molar-refractivity contribution < 1.29 is 23.8 Å². The zero-order valence-electron chi connectivity index (χ0n) is 19.0. The van der Waals surface area contributed by atoms with Crippen LogP contribution >= 0.6 is 0 Å². The molecular weight excluding hydrogens is 456 g/mol. The molecule has 35 heavy (non-hydrogen) atoms. The van der Waals surface area contributed by atoms with E-state index < -0.39 is 6.09 Å². The number of carbonyl (C=O) groups is 2. The van der Waals surface area contributed by atoms with Crippen LogP contribution in [0.2, 0.25) is 0 Å². The lowest BCUT2D eigenvalue weighted by molar-refractivity contribution is -0.118. The van der Waals surface area contributed by atoms with Gasteiger partial charge in [-0.1, -0.05) is 0 Å². The van der Waals surface area contributed by atoms with Crippen LogP contribution in [0.25, 0.3) is 11.2 Å². The minimum atomic E-state index is -0.437. The van der Waals surface area contributed by atoms with E-state index in [0.29, 0.717) is 66.8 Å². The second-order valence-corrected chi connectivity index (χ2v) is 8.12. The van der Waals surface area contributed by atoms with E-state index in [1.165, 1.54) is 18.2 Å². The molecule has 182 valence electrons. The number of ether oxygens (including phenoxy) is 3. The highest BCUT2D eigenvalue weighted by molar-refractivity contribution is 5.97. The summed E-state index contributed by atoms with van der Waals surface area (Å²) in [6.07, 6.45) is 1.16. The maximum Gasteiger partial charge on any atom is 0.414 e. The number of pyridine rings is 1. The molecule has 0 aliphatic carbocycles. The van der Waals surface area contributed by atoms with E-state index in [1.807, 2.05) is 0 Å². The maximum absolute atomic E-state index is 12.4. The lowest BCUT2D eigenvalue weighted by Gasteiger charge is -2.20. The average molecular weight is 480 g/mol. The first-order valence-electron chi connectivity index (χ1n) is 11.2. The van der Waals surface area contributed by atoms with Gasteiger partial charge in [0.1, 0.15) is 17.4 Å². The highest BCUT2D eigenvalue weighted by Crippen LogP contribution is 2.33. The summed E-state index contributed by atoms with van der Waals surface area (Å²) in [5, 5.41) is 6.02. The van der Waals surface area contributed by atoms with Crippen LogP contribution in [0, 0.1) is 0 Å². The Kier molecular flexibility index (Phi) is 6.19. The van der Waals surface area contributed by atoms with E-state index in [2.05, 4.69) is 20.6 Å². The molecule has 2 aliphatic rings. The first-order valence-corrected chi connectivity index (χ1v) is 11.2. The Labute approximate surface area is 199 Å². The number of hydrogen-bond donors (Lipinski definition) is 2. The normalized spacial score (nSPS) is 17.1. The van der Waals surface area contributed by atoms with Crippen molar-refractivity contribution in [3.63, 3.8) is 0 Å². The Hall–Kier alpha value is -4.19. The third-order valence-corrected chi connectivity index (χ3v) is 5.81. The second-order valence-electron chi connectivity index (χ2n) is 8.12. The van der Waals surface area contributed by atoms with Crippen molar-refractivity contribution in [3.05, 3.63) is 46.9 Å². The van der Waals surface area contributed by atoms with Gasteiger partial charge < -0.3 is 24.8 Å². The summed E-state index contributed by atoms with van der Waals surface area (Å²) in [5.41, 5.74) is 1.99. The minimum Gasteiger partial charge on any atom is -0.482 e. The Morgan fingerprint density at radius 1 is 1.20 bits per heavy atom.